The van der Waals surface area contributed by atoms with Crippen LogP contribution in [0.4, 0.5) is 23.4 Å². The topological polar surface area (TPSA) is 64.7 Å². The number of aryl methyl sites for hydroxylation is 2. The molecule has 2 fully saturated rings. The molecule has 2 heterocycles. The summed E-state index contributed by atoms with van der Waals surface area (Å²) in [6, 6.07) is 7.74. The molecule has 2 aliphatic rings. The van der Waals surface area contributed by atoms with Gasteiger partial charge in [0.25, 0.3) is 0 Å². The molecule has 2 aliphatic carbocycles. The van der Waals surface area contributed by atoms with E-state index in [-0.39, 0.29) is 5.92 Å². The van der Waals surface area contributed by atoms with E-state index in [1.807, 2.05) is 31.3 Å². The number of alkyl halides is 4. The van der Waals surface area contributed by atoms with Gasteiger partial charge in [-0.05, 0) is 24.8 Å². The van der Waals surface area contributed by atoms with Crippen LogP contribution in [-0.2, 0) is 18.9 Å². The Morgan fingerprint density at radius 1 is 1.09 bits per heavy atom. The van der Waals surface area contributed by atoms with Crippen molar-refractivity contribution in [3.05, 3.63) is 29.8 Å². The van der Waals surface area contributed by atoms with Crippen molar-refractivity contribution in [3.63, 3.8) is 0 Å². The molecule has 1 amide bonds. The first-order chi connectivity index (χ1) is 15.1. The molecule has 0 unspecified atom stereocenters. The number of carbonyl (C=O) groups is 1. The lowest BCUT2D eigenvalue weighted by atomic mass is 9.74. The predicted octanol–water partition coefficient (Wildman–Crippen LogP) is 4.86. The zero-order chi connectivity index (χ0) is 22.8. The number of aromatic nitrogens is 4. The first kappa shape index (κ1) is 21.0. The van der Waals surface area contributed by atoms with Crippen LogP contribution < -0.4 is 5.32 Å². The van der Waals surface area contributed by atoms with E-state index in [2.05, 4.69) is 15.5 Å². The molecule has 0 aliphatic heterocycles. The first-order valence-electron chi connectivity index (χ1n) is 10.6. The second kappa shape index (κ2) is 7.05. The van der Waals surface area contributed by atoms with Crippen LogP contribution in [0.5, 0.6) is 0 Å². The molecule has 1 aromatic carbocycles. The summed E-state index contributed by atoms with van der Waals surface area (Å²) >= 11 is 0. The van der Waals surface area contributed by atoms with Crippen molar-refractivity contribution in [1.82, 2.24) is 19.6 Å². The Kier molecular flexibility index (Phi) is 4.62. The number of nitrogens with one attached hydrogen (secondary N) is 1. The van der Waals surface area contributed by atoms with Crippen LogP contribution in [0.2, 0.25) is 0 Å². The van der Waals surface area contributed by atoms with Crippen LogP contribution >= 0.6 is 0 Å². The summed E-state index contributed by atoms with van der Waals surface area (Å²) in [7, 11) is 3.51. The Labute approximate surface area is 181 Å². The smallest absolute Gasteiger partial charge is 0.311 e. The highest BCUT2D eigenvalue weighted by Crippen LogP contribution is 2.56. The highest BCUT2D eigenvalue weighted by Gasteiger charge is 2.71. The molecule has 0 saturated heterocycles. The highest BCUT2D eigenvalue weighted by molar-refractivity contribution is 5.96. The van der Waals surface area contributed by atoms with E-state index >= 15 is 0 Å². The number of nitrogens with zero attached hydrogens (tertiary/aromatic N) is 4. The maximum atomic E-state index is 13.6. The summed E-state index contributed by atoms with van der Waals surface area (Å²) < 4.78 is 56.9. The minimum atomic E-state index is -4.16. The molecular formula is C22H23F4N5O. The molecule has 2 saturated carbocycles. The van der Waals surface area contributed by atoms with Gasteiger partial charge in [0.15, 0.2) is 0 Å². The van der Waals surface area contributed by atoms with Crippen LogP contribution in [0, 0.1) is 5.92 Å². The number of halogens is 4. The molecule has 170 valence electrons. The number of carbonyl (C=O) groups excluding carboxylic acids is 1. The van der Waals surface area contributed by atoms with Crippen LogP contribution in [0.1, 0.15) is 43.6 Å². The number of hydrogen-bond donors (Lipinski definition) is 1. The van der Waals surface area contributed by atoms with Crippen molar-refractivity contribution in [2.24, 2.45) is 20.0 Å². The second-order valence-corrected chi connectivity index (χ2v) is 8.83. The van der Waals surface area contributed by atoms with E-state index in [0.717, 1.165) is 35.7 Å². The molecule has 3 aromatic rings. The molecule has 6 nitrogen and oxygen atoms in total. The van der Waals surface area contributed by atoms with Gasteiger partial charge in [0, 0.05) is 43.8 Å². The van der Waals surface area contributed by atoms with Crippen LogP contribution in [-0.4, -0.2) is 37.3 Å². The summed E-state index contributed by atoms with van der Waals surface area (Å²) in [4.78, 5) is 12.6. The van der Waals surface area contributed by atoms with E-state index in [9.17, 15) is 22.4 Å². The van der Waals surface area contributed by atoms with Crippen molar-refractivity contribution in [2.75, 3.05) is 5.32 Å². The summed E-state index contributed by atoms with van der Waals surface area (Å²) in [5.41, 5.74) is 3.09. The monoisotopic (exact) mass is 449 g/mol. The van der Waals surface area contributed by atoms with Crippen LogP contribution in [0.25, 0.3) is 22.3 Å². The van der Waals surface area contributed by atoms with Gasteiger partial charge in [0.2, 0.25) is 5.91 Å². The number of amides is 1. The molecule has 2 aromatic heterocycles. The zero-order valence-corrected chi connectivity index (χ0v) is 17.7. The van der Waals surface area contributed by atoms with E-state index in [1.54, 1.807) is 11.7 Å². The predicted molar refractivity (Wildman–Crippen MR) is 111 cm³/mol. The van der Waals surface area contributed by atoms with E-state index < -0.39 is 36.5 Å². The molecule has 1 atom stereocenters. The van der Waals surface area contributed by atoms with E-state index in [4.69, 9.17) is 0 Å². The number of rotatable bonds is 5. The fourth-order valence-corrected chi connectivity index (χ4v) is 4.68. The first-order valence-corrected chi connectivity index (χ1v) is 10.6. The van der Waals surface area contributed by atoms with Crippen molar-refractivity contribution in [3.8, 4) is 11.4 Å². The van der Waals surface area contributed by atoms with E-state index in [1.165, 1.54) is 4.68 Å². The lowest BCUT2D eigenvalue weighted by molar-refractivity contribution is -0.313. The number of para-hydroxylation sites is 1. The molecule has 0 spiro atoms. The minimum Gasteiger partial charge on any atom is -0.311 e. The van der Waals surface area contributed by atoms with Gasteiger partial charge in [0.05, 0.1) is 5.52 Å². The third kappa shape index (κ3) is 3.02. The number of benzene rings is 1. The summed E-state index contributed by atoms with van der Waals surface area (Å²) in [6.07, 6.45) is 1.22. The van der Waals surface area contributed by atoms with Crippen molar-refractivity contribution in [1.29, 1.82) is 0 Å². The van der Waals surface area contributed by atoms with E-state index in [0.29, 0.717) is 17.2 Å². The van der Waals surface area contributed by atoms with Gasteiger partial charge >= 0.3 is 11.8 Å². The number of anilines is 1. The molecular weight excluding hydrogens is 426 g/mol. The maximum Gasteiger partial charge on any atom is 0.313 e. The van der Waals surface area contributed by atoms with Gasteiger partial charge in [-0.1, -0.05) is 24.6 Å². The summed E-state index contributed by atoms with van der Waals surface area (Å²) in [5.74, 6) is -10.0. The Morgan fingerprint density at radius 3 is 2.41 bits per heavy atom. The fourth-order valence-electron chi connectivity index (χ4n) is 4.68. The van der Waals surface area contributed by atoms with Crippen LogP contribution in [0.3, 0.4) is 0 Å². The quantitative estimate of drug-likeness (QED) is 0.566. The average molecular weight is 449 g/mol. The lowest BCUT2D eigenvalue weighted by Gasteiger charge is -2.43. The maximum absolute atomic E-state index is 13.6. The third-order valence-corrected chi connectivity index (χ3v) is 6.77. The average Bonchev–Trinajstić information content (AvgIpc) is 3.18. The van der Waals surface area contributed by atoms with Gasteiger partial charge in [-0.25, -0.2) is 0 Å². The lowest BCUT2D eigenvalue weighted by Crippen LogP contribution is -2.59. The van der Waals surface area contributed by atoms with Gasteiger partial charge in [-0.15, -0.1) is 0 Å². The SMILES string of the molecule is Cn1nc(-c2nn(C)c3ccccc23)c(C2CCC2)c1NC(=O)C[C@H]1CC(F)(F)C1(F)F. The van der Waals surface area contributed by atoms with Crippen LogP contribution in [0.15, 0.2) is 24.3 Å². The number of hydrogen-bond acceptors (Lipinski definition) is 3. The Morgan fingerprint density at radius 2 is 1.78 bits per heavy atom. The molecule has 0 radical (unpaired) electrons. The van der Waals surface area contributed by atoms with Crippen molar-refractivity contribution >= 4 is 22.6 Å². The van der Waals surface area contributed by atoms with Crippen molar-refractivity contribution < 1.29 is 22.4 Å². The van der Waals surface area contributed by atoms with Gasteiger partial charge in [0.1, 0.15) is 17.2 Å². The third-order valence-electron chi connectivity index (χ3n) is 6.77. The highest BCUT2D eigenvalue weighted by atomic mass is 19.3. The molecule has 0 bridgehead atoms. The molecule has 32 heavy (non-hydrogen) atoms. The molecule has 5 rings (SSSR count). The fraction of sp³-hybridized carbons (Fsp3) is 0.500. The van der Waals surface area contributed by atoms with Gasteiger partial charge < -0.3 is 5.32 Å². The van der Waals surface area contributed by atoms with Gasteiger partial charge in [-0.3, -0.25) is 14.2 Å². The summed E-state index contributed by atoms with van der Waals surface area (Å²) in [6.45, 7) is 0. The molecule has 10 heteroatoms. The minimum absolute atomic E-state index is 0.157. The summed E-state index contributed by atoms with van der Waals surface area (Å²) in [5, 5.41) is 12.9. The molecule has 1 N–H and O–H groups in total. The Balaban J connectivity index is 1.49. The Bertz CT molecular complexity index is 1210. The largest absolute Gasteiger partial charge is 0.313 e. The number of fused-ring (bicyclic) bond motifs is 1. The Hall–Kier alpha value is -2.91. The van der Waals surface area contributed by atoms with Crippen molar-refractivity contribution in [2.45, 2.75) is 49.9 Å². The second-order valence-electron chi connectivity index (χ2n) is 8.83. The normalized spacial score (nSPS) is 21.9. The standard InChI is InChI=1S/C22H23F4N5O/c1-30-15-9-4-3-8-14(15)18(28-30)19-17(12-6-5-7-12)20(31(2)29-19)27-16(32)10-13-11-21(23,24)22(13,25)26/h3-4,8-9,12-13H,5-7,10-11H2,1-2H3,(H,27,32)/t13-/m0/s1. The zero-order valence-electron chi connectivity index (χ0n) is 17.7. The van der Waals surface area contributed by atoms with Gasteiger partial charge in [-0.2, -0.15) is 27.8 Å².